The van der Waals surface area contributed by atoms with Crippen LogP contribution in [0.1, 0.15) is 31.2 Å². The Hall–Kier alpha value is -1.81. The average molecular weight is 288 g/mol. The Morgan fingerprint density at radius 2 is 2.10 bits per heavy atom. The third kappa shape index (κ3) is 2.56. The molecule has 21 heavy (non-hydrogen) atoms. The van der Waals surface area contributed by atoms with Crippen LogP contribution in [0.5, 0.6) is 11.5 Å². The minimum atomic E-state index is -0.509. The zero-order valence-electron chi connectivity index (χ0n) is 12.4. The number of carbonyl (C=O) groups is 1. The van der Waals surface area contributed by atoms with Crippen molar-refractivity contribution in [2.75, 3.05) is 14.2 Å². The van der Waals surface area contributed by atoms with Crippen LogP contribution >= 0.6 is 0 Å². The van der Waals surface area contributed by atoms with Crippen molar-refractivity contribution in [3.63, 3.8) is 0 Å². The second-order valence-corrected chi connectivity index (χ2v) is 5.55. The maximum atomic E-state index is 12.3. The normalized spacial score (nSPS) is 27.2. The average Bonchev–Trinajstić information content (AvgIpc) is 3.28. The molecule has 2 fully saturated rings. The molecule has 4 heteroatoms. The maximum absolute atomic E-state index is 12.3. The Labute approximate surface area is 124 Å². The predicted molar refractivity (Wildman–Crippen MR) is 79.7 cm³/mol. The van der Waals surface area contributed by atoms with E-state index in [0.717, 1.165) is 24.8 Å². The number of epoxide rings is 1. The van der Waals surface area contributed by atoms with Crippen LogP contribution in [0.4, 0.5) is 0 Å². The van der Waals surface area contributed by atoms with Crippen molar-refractivity contribution in [1.29, 1.82) is 0 Å². The van der Waals surface area contributed by atoms with Gasteiger partial charge in [-0.1, -0.05) is 18.6 Å². The van der Waals surface area contributed by atoms with E-state index in [1.54, 1.807) is 20.3 Å². The lowest BCUT2D eigenvalue weighted by Crippen LogP contribution is -2.28. The van der Waals surface area contributed by atoms with Crippen LogP contribution in [0.15, 0.2) is 24.3 Å². The fourth-order valence-corrected chi connectivity index (χ4v) is 3.06. The molecule has 1 saturated carbocycles. The third-order valence-electron chi connectivity index (χ3n) is 4.33. The summed E-state index contributed by atoms with van der Waals surface area (Å²) >= 11 is 0. The molecule has 0 bridgehead atoms. The largest absolute Gasteiger partial charge is 0.493 e. The molecule has 1 saturated heterocycles. The van der Waals surface area contributed by atoms with E-state index in [4.69, 9.17) is 14.2 Å². The lowest BCUT2D eigenvalue weighted by molar-refractivity contribution is -0.119. The number of rotatable bonds is 5. The molecule has 1 aromatic rings. The van der Waals surface area contributed by atoms with Crippen LogP contribution in [0.2, 0.25) is 0 Å². The number of benzene rings is 1. The minimum Gasteiger partial charge on any atom is -0.493 e. The van der Waals surface area contributed by atoms with E-state index in [9.17, 15) is 4.79 Å². The highest BCUT2D eigenvalue weighted by Gasteiger charge is 2.61. The number of hydrogen-bond donors (Lipinski definition) is 0. The van der Waals surface area contributed by atoms with Gasteiger partial charge in [0.05, 0.1) is 20.3 Å². The summed E-state index contributed by atoms with van der Waals surface area (Å²) in [5.41, 5.74) is 0.399. The molecular formula is C17H20O4. The van der Waals surface area contributed by atoms with Crippen LogP contribution in [0.3, 0.4) is 0 Å². The molecule has 1 aliphatic heterocycles. The number of carbonyl (C=O) groups excluding carboxylic acids is 1. The van der Waals surface area contributed by atoms with E-state index in [-0.39, 0.29) is 11.9 Å². The summed E-state index contributed by atoms with van der Waals surface area (Å²) in [5, 5.41) is 0. The summed E-state index contributed by atoms with van der Waals surface area (Å²) in [6.07, 6.45) is 7.70. The van der Waals surface area contributed by atoms with Crippen molar-refractivity contribution in [3.05, 3.63) is 29.8 Å². The summed E-state index contributed by atoms with van der Waals surface area (Å²) < 4.78 is 16.1. The highest BCUT2D eigenvalue weighted by atomic mass is 16.6. The quantitative estimate of drug-likeness (QED) is 0.617. The molecule has 3 rings (SSSR count). The van der Waals surface area contributed by atoms with Gasteiger partial charge in [0.25, 0.3) is 0 Å². The van der Waals surface area contributed by atoms with Gasteiger partial charge >= 0.3 is 0 Å². The Morgan fingerprint density at radius 1 is 1.29 bits per heavy atom. The summed E-state index contributed by atoms with van der Waals surface area (Å²) in [7, 11) is 3.20. The summed E-state index contributed by atoms with van der Waals surface area (Å²) in [4.78, 5) is 12.3. The first-order chi connectivity index (χ1) is 10.2. The molecule has 2 atom stereocenters. The topological polar surface area (TPSA) is 48.1 Å². The van der Waals surface area contributed by atoms with E-state index < -0.39 is 5.60 Å². The van der Waals surface area contributed by atoms with Gasteiger partial charge in [-0.25, -0.2) is 0 Å². The van der Waals surface area contributed by atoms with Gasteiger partial charge in [-0.05, 0) is 43.0 Å². The standard InChI is InChI=1S/C17H20O4/c1-19-13-8-6-12(11-14(13)20-2)7-9-15(18)17-10-4-3-5-16(17)21-17/h6-9,11,16H,3-5,10H2,1-2H3. The number of methoxy groups -OCH3 is 2. The monoisotopic (exact) mass is 288 g/mol. The van der Waals surface area contributed by atoms with Crippen LogP contribution in [0.25, 0.3) is 6.08 Å². The van der Waals surface area contributed by atoms with Crippen LogP contribution < -0.4 is 9.47 Å². The molecule has 112 valence electrons. The highest BCUT2D eigenvalue weighted by Crippen LogP contribution is 2.48. The molecule has 0 aromatic heterocycles. The van der Waals surface area contributed by atoms with Gasteiger partial charge < -0.3 is 14.2 Å². The highest BCUT2D eigenvalue weighted by molar-refractivity contribution is 6.02. The molecule has 0 spiro atoms. The molecule has 0 radical (unpaired) electrons. The number of ketones is 1. The fourth-order valence-electron chi connectivity index (χ4n) is 3.06. The van der Waals surface area contributed by atoms with Crippen molar-refractivity contribution < 1.29 is 19.0 Å². The number of ether oxygens (including phenoxy) is 3. The molecule has 4 nitrogen and oxygen atoms in total. The van der Waals surface area contributed by atoms with E-state index in [2.05, 4.69) is 0 Å². The van der Waals surface area contributed by atoms with Crippen molar-refractivity contribution in [2.45, 2.75) is 37.4 Å². The van der Waals surface area contributed by atoms with Crippen molar-refractivity contribution in [3.8, 4) is 11.5 Å². The SMILES string of the molecule is COc1ccc(C=CC(=O)C23CCCCC2O3)cc1OC. The lowest BCUT2D eigenvalue weighted by Gasteiger charge is -2.13. The molecular weight excluding hydrogens is 268 g/mol. The Kier molecular flexibility index (Phi) is 3.72. The van der Waals surface area contributed by atoms with Crippen LogP contribution in [-0.4, -0.2) is 31.7 Å². The summed E-state index contributed by atoms with van der Waals surface area (Å²) in [6, 6.07) is 5.58. The second kappa shape index (κ2) is 5.53. The molecule has 1 heterocycles. The lowest BCUT2D eigenvalue weighted by atomic mass is 9.86. The van der Waals surface area contributed by atoms with Gasteiger partial charge in [-0.3, -0.25) is 4.79 Å². The van der Waals surface area contributed by atoms with Gasteiger partial charge in [0.1, 0.15) is 0 Å². The zero-order chi connectivity index (χ0) is 14.9. The Morgan fingerprint density at radius 3 is 2.81 bits per heavy atom. The molecule has 0 N–H and O–H groups in total. The number of hydrogen-bond acceptors (Lipinski definition) is 4. The maximum Gasteiger partial charge on any atom is 0.190 e. The predicted octanol–water partition coefficient (Wildman–Crippen LogP) is 3.00. The van der Waals surface area contributed by atoms with Crippen molar-refractivity contribution >= 4 is 11.9 Å². The third-order valence-corrected chi connectivity index (χ3v) is 4.33. The molecule has 2 aliphatic rings. The van der Waals surface area contributed by atoms with Crippen molar-refractivity contribution in [1.82, 2.24) is 0 Å². The van der Waals surface area contributed by atoms with Crippen molar-refractivity contribution in [2.24, 2.45) is 0 Å². The molecule has 0 amide bonds. The Balaban J connectivity index is 1.73. The van der Waals surface area contributed by atoms with Crippen LogP contribution in [0, 0.1) is 0 Å². The fraction of sp³-hybridized carbons (Fsp3) is 0.471. The van der Waals surface area contributed by atoms with E-state index in [1.165, 1.54) is 6.42 Å². The minimum absolute atomic E-state index is 0.0852. The van der Waals surface area contributed by atoms with Gasteiger partial charge in [-0.15, -0.1) is 0 Å². The van der Waals surface area contributed by atoms with Crippen LogP contribution in [-0.2, 0) is 9.53 Å². The molecule has 1 aromatic carbocycles. The number of fused-ring (bicyclic) bond motifs is 1. The first-order valence-electron chi connectivity index (χ1n) is 7.32. The molecule has 2 unspecified atom stereocenters. The van der Waals surface area contributed by atoms with Gasteiger partial charge in [-0.2, -0.15) is 0 Å². The first-order valence-corrected chi connectivity index (χ1v) is 7.32. The van der Waals surface area contributed by atoms with E-state index in [1.807, 2.05) is 24.3 Å². The van der Waals surface area contributed by atoms with Gasteiger partial charge in [0, 0.05) is 0 Å². The zero-order valence-corrected chi connectivity index (χ0v) is 12.4. The first kappa shape index (κ1) is 14.1. The molecule has 1 aliphatic carbocycles. The van der Waals surface area contributed by atoms with E-state index in [0.29, 0.717) is 11.5 Å². The summed E-state index contributed by atoms with van der Waals surface area (Å²) in [6.45, 7) is 0. The summed E-state index contributed by atoms with van der Waals surface area (Å²) in [5.74, 6) is 1.42. The van der Waals surface area contributed by atoms with E-state index >= 15 is 0 Å². The Bertz CT molecular complexity index is 578. The second-order valence-electron chi connectivity index (χ2n) is 5.55. The van der Waals surface area contributed by atoms with Gasteiger partial charge in [0.15, 0.2) is 22.9 Å². The smallest absolute Gasteiger partial charge is 0.190 e. The van der Waals surface area contributed by atoms with Gasteiger partial charge in [0.2, 0.25) is 0 Å².